The van der Waals surface area contributed by atoms with E-state index in [0.717, 1.165) is 12.8 Å². The molecule has 0 aliphatic heterocycles. The lowest BCUT2D eigenvalue weighted by Gasteiger charge is -2.19. The summed E-state index contributed by atoms with van der Waals surface area (Å²) in [6, 6.07) is 44.1. The monoisotopic (exact) mass is 513 g/mol. The predicted octanol–water partition coefficient (Wildman–Crippen LogP) is 8.98. The molecule has 0 fully saturated rings. The summed E-state index contributed by atoms with van der Waals surface area (Å²) in [5.41, 5.74) is 13.1. The van der Waals surface area contributed by atoms with Crippen molar-refractivity contribution in [3.8, 4) is 22.6 Å². The van der Waals surface area contributed by atoms with Gasteiger partial charge in [0.1, 0.15) is 0 Å². The number of aromatic nitrogens is 3. The molecule has 0 radical (unpaired) electrons. The molecule has 1 aliphatic carbocycles. The largest absolute Gasteiger partial charge is 0.347 e. The highest BCUT2D eigenvalue weighted by molar-refractivity contribution is 6.25. The maximum absolute atomic E-state index is 2.51. The second kappa shape index (κ2) is 8.00. The molecule has 3 aromatic heterocycles. The van der Waals surface area contributed by atoms with Crippen LogP contribution in [0.1, 0.15) is 11.3 Å². The van der Waals surface area contributed by atoms with Gasteiger partial charge in [-0.1, -0.05) is 72.8 Å². The van der Waals surface area contributed by atoms with Gasteiger partial charge in [-0.25, -0.2) is 0 Å². The first-order chi connectivity index (χ1) is 19.8. The van der Waals surface area contributed by atoms with Gasteiger partial charge in [-0.15, -0.1) is 0 Å². The van der Waals surface area contributed by atoms with E-state index in [1.165, 1.54) is 77.5 Å². The fourth-order valence-electron chi connectivity index (χ4n) is 7.35. The van der Waals surface area contributed by atoms with Crippen molar-refractivity contribution in [2.75, 3.05) is 0 Å². The number of hydrogen-bond acceptors (Lipinski definition) is 0. The second-order valence-electron chi connectivity index (χ2n) is 10.9. The number of hydrogen-bond donors (Lipinski definition) is 0. The second-order valence-corrected chi connectivity index (χ2v) is 10.9. The number of aryl methyl sites for hydroxylation is 2. The molecule has 3 nitrogen and oxygen atoms in total. The molecule has 0 N–H and O–H groups in total. The van der Waals surface area contributed by atoms with E-state index >= 15 is 0 Å². The van der Waals surface area contributed by atoms with Crippen molar-refractivity contribution < 1.29 is 0 Å². The zero-order valence-corrected chi connectivity index (χ0v) is 22.3. The molecule has 0 unspecified atom stereocenters. The Morgan fingerprint density at radius 3 is 1.77 bits per heavy atom. The summed E-state index contributed by atoms with van der Waals surface area (Å²) in [5, 5.41) is 5.37. The number of rotatable bonds is 2. The Kier molecular flexibility index (Phi) is 4.37. The SMILES string of the molecule is Cn1c2c(c3c4c5ccccc5n(-c5ccccc5)c4ccc31)-c1c(c3ccccc3n1-c1ccccc1)CC2. The van der Waals surface area contributed by atoms with Gasteiger partial charge >= 0.3 is 0 Å². The van der Waals surface area contributed by atoms with Crippen LogP contribution in [0.2, 0.25) is 0 Å². The zero-order valence-electron chi connectivity index (χ0n) is 22.3. The molecule has 0 atom stereocenters. The van der Waals surface area contributed by atoms with Crippen LogP contribution in [0.25, 0.3) is 66.2 Å². The van der Waals surface area contributed by atoms with Gasteiger partial charge in [-0.3, -0.25) is 0 Å². The van der Waals surface area contributed by atoms with Crippen molar-refractivity contribution in [2.24, 2.45) is 7.05 Å². The van der Waals surface area contributed by atoms with Crippen LogP contribution in [0, 0.1) is 0 Å². The molecule has 3 heteroatoms. The van der Waals surface area contributed by atoms with Gasteiger partial charge in [0.25, 0.3) is 0 Å². The topological polar surface area (TPSA) is 14.8 Å². The van der Waals surface area contributed by atoms with E-state index in [0.29, 0.717) is 0 Å². The highest BCUT2D eigenvalue weighted by atomic mass is 15.0. The highest BCUT2D eigenvalue weighted by Crippen LogP contribution is 2.49. The van der Waals surface area contributed by atoms with Crippen LogP contribution in [-0.2, 0) is 19.9 Å². The summed E-state index contributed by atoms with van der Waals surface area (Å²) < 4.78 is 7.39. The molecule has 1 aliphatic rings. The van der Waals surface area contributed by atoms with Gasteiger partial charge < -0.3 is 13.7 Å². The van der Waals surface area contributed by atoms with Crippen molar-refractivity contribution >= 4 is 43.6 Å². The summed E-state index contributed by atoms with van der Waals surface area (Å²) in [7, 11) is 2.25. The van der Waals surface area contributed by atoms with Crippen LogP contribution >= 0.6 is 0 Å². The van der Waals surface area contributed by atoms with Crippen LogP contribution in [-0.4, -0.2) is 13.7 Å². The lowest BCUT2D eigenvalue weighted by Crippen LogP contribution is -2.08. The molecular formula is C37H27N3. The first kappa shape index (κ1) is 21.9. The normalized spacial score (nSPS) is 12.9. The Hall–Kier alpha value is -5.02. The fraction of sp³-hybridized carbons (Fsp3) is 0.0811. The molecule has 190 valence electrons. The molecular weight excluding hydrogens is 486 g/mol. The molecule has 0 saturated heterocycles. The van der Waals surface area contributed by atoms with E-state index in [1.807, 2.05) is 0 Å². The minimum atomic E-state index is 1.04. The fourth-order valence-corrected chi connectivity index (χ4v) is 7.35. The van der Waals surface area contributed by atoms with Crippen LogP contribution in [0.3, 0.4) is 0 Å². The summed E-state index contributed by atoms with van der Waals surface area (Å²) in [6.07, 6.45) is 2.08. The first-order valence-electron chi connectivity index (χ1n) is 14.1. The van der Waals surface area contributed by atoms with E-state index in [2.05, 4.69) is 142 Å². The number of para-hydroxylation sites is 4. The Balaban J connectivity index is 1.51. The molecule has 9 rings (SSSR count). The maximum Gasteiger partial charge on any atom is 0.0597 e. The molecule has 0 saturated carbocycles. The van der Waals surface area contributed by atoms with E-state index in [-0.39, 0.29) is 0 Å². The molecule has 0 amide bonds. The lowest BCUT2D eigenvalue weighted by molar-refractivity contribution is 0.810. The summed E-state index contributed by atoms with van der Waals surface area (Å²) >= 11 is 0. The minimum absolute atomic E-state index is 1.04. The minimum Gasteiger partial charge on any atom is -0.347 e. The van der Waals surface area contributed by atoms with Crippen LogP contribution in [0.4, 0.5) is 0 Å². The van der Waals surface area contributed by atoms with E-state index in [9.17, 15) is 0 Å². The quantitative estimate of drug-likeness (QED) is 0.219. The molecule has 5 aromatic carbocycles. The lowest BCUT2D eigenvalue weighted by atomic mass is 9.90. The predicted molar refractivity (Wildman–Crippen MR) is 167 cm³/mol. The van der Waals surface area contributed by atoms with Gasteiger partial charge in [0.2, 0.25) is 0 Å². The first-order valence-corrected chi connectivity index (χ1v) is 14.1. The van der Waals surface area contributed by atoms with Gasteiger partial charge in [0.15, 0.2) is 0 Å². The van der Waals surface area contributed by atoms with Gasteiger partial charge in [-0.05, 0) is 66.9 Å². The third-order valence-corrected chi connectivity index (χ3v) is 8.98. The third-order valence-electron chi connectivity index (χ3n) is 8.98. The van der Waals surface area contributed by atoms with Crippen molar-refractivity contribution in [2.45, 2.75) is 12.8 Å². The molecule has 0 bridgehead atoms. The zero-order chi connectivity index (χ0) is 26.4. The molecule has 0 spiro atoms. The summed E-state index contributed by atoms with van der Waals surface area (Å²) in [6.45, 7) is 0. The molecule has 8 aromatic rings. The maximum atomic E-state index is 2.51. The van der Waals surface area contributed by atoms with Gasteiger partial charge in [0, 0.05) is 56.7 Å². The standard InChI is InChI=1S/C37H27N3/c1-38-31-22-23-33-34(28-17-9-11-19-30(28)39(33)24-12-4-2-5-13-24)35(31)36-32(38)21-20-27-26-16-8-10-18-29(26)40(37(27)36)25-14-6-3-7-15-25/h2-19,22-23H,20-21H2,1H3. The Labute approximate surface area is 232 Å². The van der Waals surface area contributed by atoms with E-state index in [4.69, 9.17) is 0 Å². The van der Waals surface area contributed by atoms with Crippen molar-refractivity contribution in [3.05, 3.63) is 133 Å². The molecule has 40 heavy (non-hydrogen) atoms. The molecule has 3 heterocycles. The third kappa shape index (κ3) is 2.74. The Morgan fingerprint density at radius 1 is 0.475 bits per heavy atom. The highest BCUT2D eigenvalue weighted by Gasteiger charge is 2.31. The number of fused-ring (bicyclic) bond motifs is 11. The van der Waals surface area contributed by atoms with Crippen LogP contribution in [0.15, 0.2) is 121 Å². The van der Waals surface area contributed by atoms with E-state index in [1.54, 1.807) is 0 Å². The average Bonchev–Trinajstić information content (AvgIpc) is 3.63. The number of benzene rings is 5. The summed E-state index contributed by atoms with van der Waals surface area (Å²) in [4.78, 5) is 0. The Morgan fingerprint density at radius 2 is 1.05 bits per heavy atom. The van der Waals surface area contributed by atoms with Crippen molar-refractivity contribution in [1.82, 2.24) is 13.7 Å². The smallest absolute Gasteiger partial charge is 0.0597 e. The average molecular weight is 514 g/mol. The van der Waals surface area contributed by atoms with Crippen LogP contribution in [0.5, 0.6) is 0 Å². The van der Waals surface area contributed by atoms with Crippen molar-refractivity contribution in [3.63, 3.8) is 0 Å². The van der Waals surface area contributed by atoms with Crippen molar-refractivity contribution in [1.29, 1.82) is 0 Å². The van der Waals surface area contributed by atoms with E-state index < -0.39 is 0 Å². The summed E-state index contributed by atoms with van der Waals surface area (Å²) in [5.74, 6) is 0. The van der Waals surface area contributed by atoms with Crippen LogP contribution < -0.4 is 0 Å². The van der Waals surface area contributed by atoms with Gasteiger partial charge in [0.05, 0.1) is 22.2 Å². The Bertz CT molecular complexity index is 2260. The van der Waals surface area contributed by atoms with Gasteiger partial charge in [-0.2, -0.15) is 0 Å². The number of nitrogens with zero attached hydrogens (tertiary/aromatic N) is 3.